The highest BCUT2D eigenvalue weighted by Gasteiger charge is 2.33. The molecule has 1 atom stereocenters. The second-order valence-electron chi connectivity index (χ2n) is 9.37. The molecule has 1 aliphatic carbocycles. The second-order valence-corrected chi connectivity index (χ2v) is 11.7. The van der Waals surface area contributed by atoms with E-state index in [0.29, 0.717) is 22.9 Å². The number of benzene rings is 2. The van der Waals surface area contributed by atoms with Gasteiger partial charge in [0.1, 0.15) is 12.6 Å². The van der Waals surface area contributed by atoms with Crippen molar-refractivity contribution in [3.05, 3.63) is 53.1 Å². The third-order valence-electron chi connectivity index (χ3n) is 6.69. The maximum atomic E-state index is 13.8. The summed E-state index contributed by atoms with van der Waals surface area (Å²) in [6.07, 6.45) is 5.34. The van der Waals surface area contributed by atoms with Crippen molar-refractivity contribution < 1.29 is 27.5 Å². The predicted molar refractivity (Wildman–Crippen MR) is 148 cm³/mol. The van der Waals surface area contributed by atoms with Gasteiger partial charge in [-0.25, -0.2) is 8.42 Å². The number of halogens is 1. The summed E-state index contributed by atoms with van der Waals surface area (Å²) in [6, 6.07) is 10.9. The van der Waals surface area contributed by atoms with E-state index in [0.717, 1.165) is 41.8 Å². The largest absolute Gasteiger partial charge is 0.493 e. The molecule has 2 aromatic rings. The summed E-state index contributed by atoms with van der Waals surface area (Å²) in [7, 11) is -0.947. The van der Waals surface area contributed by atoms with Crippen LogP contribution >= 0.6 is 11.6 Å². The number of nitrogens with one attached hydrogen (secondary N) is 1. The summed E-state index contributed by atoms with van der Waals surface area (Å²) < 4.78 is 37.3. The molecule has 208 valence electrons. The van der Waals surface area contributed by atoms with Gasteiger partial charge in [0.05, 0.1) is 26.2 Å². The summed E-state index contributed by atoms with van der Waals surface area (Å²) in [5, 5.41) is 3.64. The Morgan fingerprint density at radius 3 is 2.24 bits per heavy atom. The van der Waals surface area contributed by atoms with E-state index in [2.05, 4.69) is 5.32 Å². The van der Waals surface area contributed by atoms with Crippen LogP contribution in [0.4, 0.5) is 5.69 Å². The summed E-state index contributed by atoms with van der Waals surface area (Å²) in [5.74, 6) is 0.00818. The summed E-state index contributed by atoms with van der Waals surface area (Å²) in [4.78, 5) is 28.6. The minimum atomic E-state index is -3.87. The molecule has 0 aromatic heterocycles. The molecule has 1 saturated carbocycles. The van der Waals surface area contributed by atoms with Gasteiger partial charge in [-0.3, -0.25) is 13.9 Å². The SMILES string of the molecule is CCC(C(=O)NC1CCCC1)N(Cc1ccc(Cl)cc1)C(=O)CN(c1ccc(OC)c(OC)c1)S(C)(=O)=O. The molecule has 0 heterocycles. The van der Waals surface area contributed by atoms with E-state index in [-0.39, 0.29) is 24.2 Å². The smallest absolute Gasteiger partial charge is 0.244 e. The van der Waals surface area contributed by atoms with Gasteiger partial charge in [0.25, 0.3) is 0 Å². The van der Waals surface area contributed by atoms with Crippen LogP contribution in [0.15, 0.2) is 42.5 Å². The highest BCUT2D eigenvalue weighted by atomic mass is 35.5. The molecule has 3 rings (SSSR count). The third-order valence-corrected chi connectivity index (χ3v) is 8.08. The van der Waals surface area contributed by atoms with E-state index in [1.54, 1.807) is 36.4 Å². The topological polar surface area (TPSA) is 105 Å². The Morgan fingerprint density at radius 2 is 1.68 bits per heavy atom. The first-order valence-corrected chi connectivity index (χ1v) is 14.8. The van der Waals surface area contributed by atoms with Crippen LogP contribution < -0.4 is 19.1 Å². The minimum absolute atomic E-state index is 0.0864. The fraction of sp³-hybridized carbons (Fsp3) is 0.481. The standard InChI is InChI=1S/C27H36ClN3O6S/c1-5-23(27(33)29-21-8-6-7-9-21)30(17-19-10-12-20(28)13-11-19)26(32)18-31(38(4,34)35)22-14-15-24(36-2)25(16-22)37-3/h10-16,21,23H,5-9,17-18H2,1-4H3,(H,29,33). The molecule has 1 unspecified atom stereocenters. The van der Waals surface area contributed by atoms with E-state index < -0.39 is 28.5 Å². The number of hydrogen-bond acceptors (Lipinski definition) is 6. The number of nitrogens with zero attached hydrogens (tertiary/aromatic N) is 2. The molecule has 38 heavy (non-hydrogen) atoms. The highest BCUT2D eigenvalue weighted by molar-refractivity contribution is 7.92. The van der Waals surface area contributed by atoms with Gasteiger partial charge in [-0.05, 0) is 49.1 Å². The Labute approximate surface area is 230 Å². The number of amides is 2. The van der Waals surface area contributed by atoms with Gasteiger partial charge >= 0.3 is 0 Å². The highest BCUT2D eigenvalue weighted by Crippen LogP contribution is 2.32. The lowest BCUT2D eigenvalue weighted by molar-refractivity contribution is -0.140. The van der Waals surface area contributed by atoms with E-state index in [1.165, 1.54) is 25.2 Å². The van der Waals surface area contributed by atoms with E-state index >= 15 is 0 Å². The Bertz CT molecular complexity index is 1220. The zero-order valence-electron chi connectivity index (χ0n) is 22.3. The van der Waals surface area contributed by atoms with Crippen molar-refractivity contribution in [2.45, 2.75) is 57.7 Å². The van der Waals surface area contributed by atoms with Crippen LogP contribution in [-0.2, 0) is 26.2 Å². The Hall–Kier alpha value is -2.98. The molecule has 0 radical (unpaired) electrons. The minimum Gasteiger partial charge on any atom is -0.493 e. The third kappa shape index (κ3) is 7.54. The van der Waals surface area contributed by atoms with Crippen molar-refractivity contribution in [2.75, 3.05) is 31.3 Å². The van der Waals surface area contributed by atoms with Crippen LogP contribution in [0.3, 0.4) is 0 Å². The summed E-state index contributed by atoms with van der Waals surface area (Å²) in [6.45, 7) is 1.47. The van der Waals surface area contributed by atoms with Gasteiger partial charge in [-0.15, -0.1) is 0 Å². The lowest BCUT2D eigenvalue weighted by atomic mass is 10.1. The first kappa shape index (κ1) is 29.6. The molecule has 0 saturated heterocycles. The van der Waals surface area contributed by atoms with Crippen molar-refractivity contribution in [1.82, 2.24) is 10.2 Å². The molecule has 1 N–H and O–H groups in total. The summed E-state index contributed by atoms with van der Waals surface area (Å²) >= 11 is 6.04. The fourth-order valence-corrected chi connectivity index (χ4v) is 5.63. The van der Waals surface area contributed by atoms with Crippen molar-refractivity contribution >= 4 is 39.1 Å². The molecule has 1 fully saturated rings. The van der Waals surface area contributed by atoms with Crippen LogP contribution in [0.2, 0.25) is 5.02 Å². The zero-order chi connectivity index (χ0) is 27.9. The molecule has 0 spiro atoms. The van der Waals surface area contributed by atoms with Crippen LogP contribution in [0.25, 0.3) is 0 Å². The molecule has 0 aliphatic heterocycles. The molecule has 2 amide bonds. The molecular weight excluding hydrogens is 530 g/mol. The summed E-state index contributed by atoms with van der Waals surface area (Å²) in [5.41, 5.74) is 1.01. The molecule has 9 nitrogen and oxygen atoms in total. The second kappa shape index (κ2) is 13.2. The number of rotatable bonds is 12. The maximum absolute atomic E-state index is 13.8. The number of sulfonamides is 1. The van der Waals surface area contributed by atoms with Crippen LogP contribution in [0.1, 0.15) is 44.6 Å². The van der Waals surface area contributed by atoms with E-state index in [9.17, 15) is 18.0 Å². The van der Waals surface area contributed by atoms with E-state index in [1.807, 2.05) is 6.92 Å². The van der Waals surface area contributed by atoms with Crippen molar-refractivity contribution in [3.8, 4) is 11.5 Å². The maximum Gasteiger partial charge on any atom is 0.244 e. The van der Waals surface area contributed by atoms with Gasteiger partial charge in [0.15, 0.2) is 11.5 Å². The average molecular weight is 566 g/mol. The quantitative estimate of drug-likeness (QED) is 0.417. The molecular formula is C27H36ClN3O6S. The Balaban J connectivity index is 1.94. The van der Waals surface area contributed by atoms with Crippen LogP contribution in [-0.4, -0.2) is 64.2 Å². The van der Waals surface area contributed by atoms with Gasteiger partial charge < -0.3 is 19.7 Å². The number of carbonyl (C=O) groups is 2. The number of ether oxygens (including phenoxy) is 2. The van der Waals surface area contributed by atoms with Crippen molar-refractivity contribution in [2.24, 2.45) is 0 Å². The van der Waals surface area contributed by atoms with Gasteiger partial charge in [0, 0.05) is 23.7 Å². The molecule has 2 aromatic carbocycles. The lowest BCUT2D eigenvalue weighted by Gasteiger charge is -2.33. The van der Waals surface area contributed by atoms with Crippen LogP contribution in [0, 0.1) is 0 Å². The number of carbonyl (C=O) groups excluding carboxylic acids is 2. The monoisotopic (exact) mass is 565 g/mol. The zero-order valence-corrected chi connectivity index (χ0v) is 23.8. The molecule has 0 bridgehead atoms. The fourth-order valence-electron chi connectivity index (χ4n) is 4.67. The van der Waals surface area contributed by atoms with Crippen LogP contribution in [0.5, 0.6) is 11.5 Å². The Morgan fingerprint density at radius 1 is 1.05 bits per heavy atom. The average Bonchev–Trinajstić information content (AvgIpc) is 3.40. The lowest BCUT2D eigenvalue weighted by Crippen LogP contribution is -2.53. The number of anilines is 1. The number of hydrogen-bond donors (Lipinski definition) is 1. The van der Waals surface area contributed by atoms with Gasteiger partial charge in [-0.1, -0.05) is 43.5 Å². The molecule has 1 aliphatic rings. The number of methoxy groups -OCH3 is 2. The van der Waals surface area contributed by atoms with Crippen molar-refractivity contribution in [1.29, 1.82) is 0 Å². The van der Waals surface area contributed by atoms with Crippen molar-refractivity contribution in [3.63, 3.8) is 0 Å². The molecule has 11 heteroatoms. The van der Waals surface area contributed by atoms with Gasteiger partial charge in [0.2, 0.25) is 21.8 Å². The van der Waals surface area contributed by atoms with E-state index in [4.69, 9.17) is 21.1 Å². The first-order valence-electron chi connectivity index (χ1n) is 12.6. The Kier molecular flexibility index (Phi) is 10.3. The first-order chi connectivity index (χ1) is 18.1. The normalized spacial score (nSPS) is 14.6. The van der Waals surface area contributed by atoms with Gasteiger partial charge in [-0.2, -0.15) is 0 Å². The predicted octanol–water partition coefficient (Wildman–Crippen LogP) is 3.99.